The van der Waals surface area contributed by atoms with Gasteiger partial charge in [0.2, 0.25) is 11.8 Å². The number of carbonyl (C=O) groups is 2. The standard InChI is InChI=1S/C18H28N2O2/c1-6-15-11-10-12-16(7-2)18(15)20(14(5)21)13-17(22)19(8-3)9-4/h10-12H,6-9,13H2,1-5H3. The van der Waals surface area contributed by atoms with Crippen LogP contribution in [-0.2, 0) is 22.4 Å². The summed E-state index contributed by atoms with van der Waals surface area (Å²) in [4.78, 5) is 28.0. The third kappa shape index (κ3) is 4.09. The lowest BCUT2D eigenvalue weighted by atomic mass is 10.0. The number of para-hydroxylation sites is 1. The van der Waals surface area contributed by atoms with E-state index in [1.165, 1.54) is 6.92 Å². The molecule has 0 fully saturated rings. The first-order chi connectivity index (χ1) is 10.5. The summed E-state index contributed by atoms with van der Waals surface area (Å²) < 4.78 is 0. The van der Waals surface area contributed by atoms with Gasteiger partial charge < -0.3 is 9.80 Å². The number of rotatable bonds is 7. The predicted molar refractivity (Wildman–Crippen MR) is 91.2 cm³/mol. The first kappa shape index (κ1) is 18.2. The van der Waals surface area contributed by atoms with Crippen LogP contribution in [0.1, 0.15) is 45.7 Å². The van der Waals surface area contributed by atoms with Gasteiger partial charge in [-0.25, -0.2) is 0 Å². The minimum absolute atomic E-state index is 0.00633. The number of amides is 2. The second-order valence-corrected chi connectivity index (χ2v) is 5.30. The van der Waals surface area contributed by atoms with Crippen molar-refractivity contribution in [3.05, 3.63) is 29.3 Å². The van der Waals surface area contributed by atoms with E-state index in [4.69, 9.17) is 0 Å². The van der Waals surface area contributed by atoms with E-state index in [1.54, 1.807) is 9.80 Å². The largest absolute Gasteiger partial charge is 0.342 e. The fourth-order valence-electron chi connectivity index (χ4n) is 2.72. The van der Waals surface area contributed by atoms with Crippen molar-refractivity contribution in [3.63, 3.8) is 0 Å². The Morgan fingerprint density at radius 3 is 1.82 bits per heavy atom. The minimum atomic E-state index is -0.0869. The number of likely N-dealkylation sites (N-methyl/N-ethyl adjacent to an activating group) is 1. The molecule has 122 valence electrons. The molecule has 0 aliphatic carbocycles. The van der Waals surface area contributed by atoms with Gasteiger partial charge in [-0.3, -0.25) is 9.59 Å². The molecule has 1 aromatic rings. The highest BCUT2D eigenvalue weighted by Gasteiger charge is 2.22. The van der Waals surface area contributed by atoms with Crippen molar-refractivity contribution >= 4 is 17.5 Å². The maximum Gasteiger partial charge on any atom is 0.242 e. The van der Waals surface area contributed by atoms with Gasteiger partial charge in [-0.05, 0) is 37.8 Å². The van der Waals surface area contributed by atoms with Gasteiger partial charge in [0.25, 0.3) is 0 Å². The Hall–Kier alpha value is -1.84. The number of carbonyl (C=O) groups excluding carboxylic acids is 2. The molecule has 0 unspecified atom stereocenters. The summed E-state index contributed by atoms with van der Waals surface area (Å²) in [5, 5.41) is 0. The highest BCUT2D eigenvalue weighted by molar-refractivity contribution is 5.98. The molecule has 0 saturated carbocycles. The van der Waals surface area contributed by atoms with Gasteiger partial charge in [-0.2, -0.15) is 0 Å². The van der Waals surface area contributed by atoms with E-state index >= 15 is 0 Å². The van der Waals surface area contributed by atoms with Crippen molar-refractivity contribution < 1.29 is 9.59 Å². The van der Waals surface area contributed by atoms with Gasteiger partial charge in [-0.15, -0.1) is 0 Å². The van der Waals surface area contributed by atoms with Gasteiger partial charge >= 0.3 is 0 Å². The van der Waals surface area contributed by atoms with Crippen molar-refractivity contribution in [2.75, 3.05) is 24.5 Å². The van der Waals surface area contributed by atoms with E-state index in [2.05, 4.69) is 13.8 Å². The smallest absolute Gasteiger partial charge is 0.242 e. The van der Waals surface area contributed by atoms with Gasteiger partial charge in [0, 0.05) is 20.0 Å². The SMILES string of the molecule is CCc1cccc(CC)c1N(CC(=O)N(CC)CC)C(C)=O. The summed E-state index contributed by atoms with van der Waals surface area (Å²) in [5.74, 6) is -0.0933. The summed E-state index contributed by atoms with van der Waals surface area (Å²) in [6, 6.07) is 6.09. The van der Waals surface area contributed by atoms with E-state index in [-0.39, 0.29) is 18.4 Å². The molecule has 0 saturated heterocycles. The monoisotopic (exact) mass is 304 g/mol. The van der Waals surface area contributed by atoms with E-state index < -0.39 is 0 Å². The fourth-order valence-corrected chi connectivity index (χ4v) is 2.72. The fraction of sp³-hybridized carbons (Fsp3) is 0.556. The zero-order chi connectivity index (χ0) is 16.7. The number of hydrogen-bond acceptors (Lipinski definition) is 2. The van der Waals surface area contributed by atoms with Crippen molar-refractivity contribution in [1.29, 1.82) is 0 Å². The summed E-state index contributed by atoms with van der Waals surface area (Å²) >= 11 is 0. The van der Waals surface area contributed by atoms with Gasteiger partial charge in [0.1, 0.15) is 6.54 Å². The summed E-state index contributed by atoms with van der Waals surface area (Å²) in [5.41, 5.74) is 3.14. The molecule has 2 amide bonds. The molecular weight excluding hydrogens is 276 g/mol. The Balaban J connectivity index is 3.22. The van der Waals surface area contributed by atoms with Crippen LogP contribution >= 0.6 is 0 Å². The lowest BCUT2D eigenvalue weighted by molar-refractivity contribution is -0.130. The predicted octanol–water partition coefficient (Wildman–Crippen LogP) is 3.03. The van der Waals surface area contributed by atoms with Gasteiger partial charge in [0.15, 0.2) is 0 Å². The van der Waals surface area contributed by atoms with Crippen molar-refractivity contribution in [3.8, 4) is 0 Å². The topological polar surface area (TPSA) is 40.6 Å². The number of benzene rings is 1. The molecule has 0 aliphatic rings. The molecule has 4 nitrogen and oxygen atoms in total. The first-order valence-corrected chi connectivity index (χ1v) is 8.16. The Labute approximate surface area is 134 Å². The Kier molecular flexibility index (Phi) is 7.09. The van der Waals surface area contributed by atoms with Crippen LogP contribution in [0.25, 0.3) is 0 Å². The van der Waals surface area contributed by atoms with Crippen LogP contribution < -0.4 is 4.90 Å². The number of anilines is 1. The normalized spacial score (nSPS) is 10.4. The van der Waals surface area contributed by atoms with Crippen LogP contribution in [0.3, 0.4) is 0 Å². The third-order valence-electron chi connectivity index (χ3n) is 4.02. The lowest BCUT2D eigenvalue weighted by Gasteiger charge is -2.28. The second kappa shape index (κ2) is 8.57. The molecular formula is C18H28N2O2. The van der Waals surface area contributed by atoms with Crippen LogP contribution in [0, 0.1) is 0 Å². The van der Waals surface area contributed by atoms with Crippen molar-refractivity contribution in [1.82, 2.24) is 4.90 Å². The van der Waals surface area contributed by atoms with Gasteiger partial charge in [-0.1, -0.05) is 32.0 Å². The number of nitrogens with zero attached hydrogens (tertiary/aromatic N) is 2. The highest BCUT2D eigenvalue weighted by Crippen LogP contribution is 2.27. The Morgan fingerprint density at radius 2 is 1.45 bits per heavy atom. The maximum atomic E-state index is 12.4. The van der Waals surface area contributed by atoms with E-state index in [1.807, 2.05) is 32.0 Å². The average molecular weight is 304 g/mol. The Morgan fingerprint density at radius 1 is 0.955 bits per heavy atom. The zero-order valence-electron chi connectivity index (χ0n) is 14.5. The minimum Gasteiger partial charge on any atom is -0.342 e. The number of aryl methyl sites for hydroxylation is 2. The molecule has 0 bridgehead atoms. The molecule has 0 aromatic heterocycles. The average Bonchev–Trinajstić information content (AvgIpc) is 2.52. The van der Waals surface area contributed by atoms with Crippen molar-refractivity contribution in [2.24, 2.45) is 0 Å². The van der Waals surface area contributed by atoms with E-state index in [0.29, 0.717) is 13.1 Å². The van der Waals surface area contributed by atoms with Crippen molar-refractivity contribution in [2.45, 2.75) is 47.5 Å². The van der Waals surface area contributed by atoms with Crippen LogP contribution in [0.2, 0.25) is 0 Å². The summed E-state index contributed by atoms with van der Waals surface area (Å²) in [7, 11) is 0. The zero-order valence-corrected chi connectivity index (χ0v) is 14.5. The van der Waals surface area contributed by atoms with E-state index in [9.17, 15) is 9.59 Å². The lowest BCUT2D eigenvalue weighted by Crippen LogP contribution is -2.42. The molecule has 0 atom stereocenters. The summed E-state index contributed by atoms with van der Waals surface area (Å²) in [6.07, 6.45) is 1.68. The van der Waals surface area contributed by atoms with Crippen LogP contribution in [0.4, 0.5) is 5.69 Å². The molecule has 0 aliphatic heterocycles. The summed E-state index contributed by atoms with van der Waals surface area (Å²) in [6.45, 7) is 11.0. The molecule has 0 N–H and O–H groups in total. The van der Waals surface area contributed by atoms with Crippen LogP contribution in [0.15, 0.2) is 18.2 Å². The Bertz CT molecular complexity index is 500. The molecule has 0 heterocycles. The molecule has 1 aromatic carbocycles. The molecule has 0 radical (unpaired) electrons. The molecule has 22 heavy (non-hydrogen) atoms. The first-order valence-electron chi connectivity index (χ1n) is 8.16. The van der Waals surface area contributed by atoms with Gasteiger partial charge in [0.05, 0.1) is 5.69 Å². The second-order valence-electron chi connectivity index (χ2n) is 5.30. The van der Waals surface area contributed by atoms with Crippen LogP contribution in [-0.4, -0.2) is 36.3 Å². The van der Waals surface area contributed by atoms with Crippen LogP contribution in [0.5, 0.6) is 0 Å². The highest BCUT2D eigenvalue weighted by atomic mass is 16.2. The quantitative estimate of drug-likeness (QED) is 0.777. The number of hydrogen-bond donors (Lipinski definition) is 0. The molecule has 1 rings (SSSR count). The maximum absolute atomic E-state index is 12.4. The molecule has 0 spiro atoms. The van der Waals surface area contributed by atoms with E-state index in [0.717, 1.165) is 29.7 Å². The molecule has 4 heteroatoms. The third-order valence-corrected chi connectivity index (χ3v) is 4.02.